The van der Waals surface area contributed by atoms with Crippen molar-refractivity contribution in [1.82, 2.24) is 10.0 Å². The number of nitrogens with one attached hydrogen (secondary N) is 3. The van der Waals surface area contributed by atoms with Crippen LogP contribution in [0.5, 0.6) is 5.75 Å². The first-order chi connectivity index (χ1) is 14.6. The second kappa shape index (κ2) is 11.3. The molecule has 0 aliphatic rings. The minimum absolute atomic E-state index is 0.0594. The van der Waals surface area contributed by atoms with Gasteiger partial charge in [-0.2, -0.15) is 0 Å². The van der Waals surface area contributed by atoms with Crippen LogP contribution in [0.25, 0.3) is 0 Å². The van der Waals surface area contributed by atoms with E-state index < -0.39 is 15.9 Å². The van der Waals surface area contributed by atoms with Gasteiger partial charge < -0.3 is 15.4 Å². The largest absolute Gasteiger partial charge is 0.492 e. The summed E-state index contributed by atoms with van der Waals surface area (Å²) in [5.74, 6) is -0.520. The number of benzene rings is 2. The van der Waals surface area contributed by atoms with Gasteiger partial charge in [0.15, 0.2) is 5.11 Å². The molecule has 0 bridgehead atoms. The molecule has 0 aliphatic heterocycles. The molecule has 2 amide bonds. The Morgan fingerprint density at radius 3 is 2.39 bits per heavy atom. The van der Waals surface area contributed by atoms with Crippen molar-refractivity contribution >= 4 is 68.1 Å². The van der Waals surface area contributed by atoms with Crippen LogP contribution in [0.4, 0.5) is 5.69 Å². The number of halogens is 2. The molecule has 12 heteroatoms. The van der Waals surface area contributed by atoms with E-state index in [1.165, 1.54) is 24.3 Å². The summed E-state index contributed by atoms with van der Waals surface area (Å²) in [5.41, 5.74) is 0.466. The average Bonchev–Trinajstić information content (AvgIpc) is 2.66. The van der Waals surface area contributed by atoms with Crippen molar-refractivity contribution in [1.29, 1.82) is 0 Å². The quantitative estimate of drug-likeness (QED) is 0.373. The van der Waals surface area contributed by atoms with Gasteiger partial charge in [-0.15, -0.1) is 0 Å². The predicted molar refractivity (Wildman–Crippen MR) is 123 cm³/mol. The van der Waals surface area contributed by atoms with Gasteiger partial charge in [-0.25, -0.2) is 13.1 Å². The Balaban J connectivity index is 1.76. The Morgan fingerprint density at radius 2 is 1.77 bits per heavy atom. The second-order valence-electron chi connectivity index (χ2n) is 6.22. The van der Waals surface area contributed by atoms with Gasteiger partial charge in [0.2, 0.25) is 11.8 Å². The van der Waals surface area contributed by atoms with Crippen molar-refractivity contribution in [3.8, 4) is 5.75 Å². The van der Waals surface area contributed by atoms with E-state index >= 15 is 0 Å². The molecule has 0 heterocycles. The number of carbonyl (C=O) groups is 2. The van der Waals surface area contributed by atoms with E-state index in [1.54, 1.807) is 18.2 Å². The molecule has 3 N–H and O–H groups in total. The van der Waals surface area contributed by atoms with Gasteiger partial charge in [-0.1, -0.05) is 23.2 Å². The van der Waals surface area contributed by atoms with E-state index in [2.05, 4.69) is 10.6 Å². The topological polar surface area (TPSA) is 114 Å². The number of thiocarbonyl (C=S) groups is 1. The number of hydrogen-bond donors (Lipinski definition) is 3. The van der Waals surface area contributed by atoms with E-state index in [9.17, 15) is 18.0 Å². The van der Waals surface area contributed by atoms with E-state index in [1.807, 2.05) is 4.72 Å². The Morgan fingerprint density at radius 1 is 1.10 bits per heavy atom. The molecule has 0 atom stereocenters. The average molecular weight is 504 g/mol. The fourth-order valence-corrected chi connectivity index (χ4v) is 4.01. The van der Waals surface area contributed by atoms with Gasteiger partial charge in [-0.05, 0) is 61.1 Å². The van der Waals surface area contributed by atoms with Gasteiger partial charge in [0.25, 0.3) is 10.0 Å². The van der Waals surface area contributed by atoms with Crippen LogP contribution >= 0.6 is 35.4 Å². The Kier molecular flexibility index (Phi) is 9.05. The summed E-state index contributed by atoms with van der Waals surface area (Å²) >= 11 is 16.9. The van der Waals surface area contributed by atoms with Gasteiger partial charge in [-0.3, -0.25) is 9.59 Å². The summed E-state index contributed by atoms with van der Waals surface area (Å²) < 4.78 is 31.2. The predicted octanol–water partition coefficient (Wildman–Crippen LogP) is 3.49. The number of rotatable bonds is 8. The summed E-state index contributed by atoms with van der Waals surface area (Å²) in [5, 5.41) is 6.25. The Bertz CT molecular complexity index is 1080. The molecule has 0 aromatic heterocycles. The summed E-state index contributed by atoms with van der Waals surface area (Å²) in [7, 11) is -3.92. The highest BCUT2D eigenvalue weighted by atomic mass is 35.5. The summed E-state index contributed by atoms with van der Waals surface area (Å²) in [4.78, 5) is 22.9. The first-order valence-corrected chi connectivity index (χ1v) is 11.5. The third-order valence-corrected chi connectivity index (χ3v) is 5.84. The minimum Gasteiger partial charge on any atom is -0.492 e. The lowest BCUT2D eigenvalue weighted by Gasteiger charge is -2.11. The van der Waals surface area contributed by atoms with Crippen LogP contribution in [0.3, 0.4) is 0 Å². The van der Waals surface area contributed by atoms with Crippen LogP contribution in [0.2, 0.25) is 10.0 Å². The van der Waals surface area contributed by atoms with Crippen LogP contribution in [-0.2, 0) is 19.6 Å². The number of hydrogen-bond acceptors (Lipinski definition) is 6. The third kappa shape index (κ3) is 8.33. The molecular formula is C19H19Cl2N3O5S2. The van der Waals surface area contributed by atoms with Crippen molar-refractivity contribution in [3.05, 3.63) is 52.5 Å². The molecule has 0 aliphatic carbocycles. The molecular weight excluding hydrogens is 485 g/mol. The summed E-state index contributed by atoms with van der Waals surface area (Å²) in [6, 6.07) is 10.4. The SMILES string of the molecule is CC(=O)NS(=O)(=O)c1ccc(NC(=S)NC(=O)CCCOc2ccc(Cl)cc2Cl)cc1. The highest BCUT2D eigenvalue weighted by molar-refractivity contribution is 7.90. The van der Waals surface area contributed by atoms with Gasteiger partial charge in [0.1, 0.15) is 5.75 Å². The fraction of sp³-hybridized carbons (Fsp3) is 0.211. The Labute approximate surface area is 195 Å². The number of ether oxygens (including phenoxy) is 1. The molecule has 0 fully saturated rings. The van der Waals surface area contributed by atoms with Crippen LogP contribution in [0, 0.1) is 0 Å². The van der Waals surface area contributed by atoms with Crippen LogP contribution in [0.15, 0.2) is 47.4 Å². The van der Waals surface area contributed by atoms with Crippen molar-refractivity contribution in [2.75, 3.05) is 11.9 Å². The zero-order valence-electron chi connectivity index (χ0n) is 16.3. The zero-order valence-corrected chi connectivity index (χ0v) is 19.4. The maximum atomic E-state index is 12.0. The van der Waals surface area contributed by atoms with E-state index in [4.69, 9.17) is 40.2 Å². The zero-order chi connectivity index (χ0) is 23.0. The van der Waals surface area contributed by atoms with Crippen molar-refractivity contribution in [2.45, 2.75) is 24.7 Å². The molecule has 2 aromatic carbocycles. The van der Waals surface area contributed by atoms with Crippen molar-refractivity contribution in [2.24, 2.45) is 0 Å². The molecule has 31 heavy (non-hydrogen) atoms. The normalized spacial score (nSPS) is 10.8. The van der Waals surface area contributed by atoms with Crippen LogP contribution in [-0.4, -0.2) is 32.0 Å². The summed E-state index contributed by atoms with van der Waals surface area (Å²) in [6.07, 6.45) is 0.601. The van der Waals surface area contributed by atoms with E-state index in [0.717, 1.165) is 6.92 Å². The highest BCUT2D eigenvalue weighted by Crippen LogP contribution is 2.27. The number of amides is 2. The van der Waals surface area contributed by atoms with Gasteiger partial charge in [0, 0.05) is 24.1 Å². The highest BCUT2D eigenvalue weighted by Gasteiger charge is 2.15. The smallest absolute Gasteiger partial charge is 0.264 e. The first-order valence-electron chi connectivity index (χ1n) is 8.89. The molecule has 0 radical (unpaired) electrons. The first kappa shape index (κ1) is 24.9. The molecule has 2 rings (SSSR count). The van der Waals surface area contributed by atoms with Crippen molar-refractivity contribution < 1.29 is 22.7 Å². The molecule has 166 valence electrons. The lowest BCUT2D eigenvalue weighted by molar-refractivity contribution is -0.120. The molecule has 0 unspecified atom stereocenters. The third-order valence-electron chi connectivity index (χ3n) is 3.65. The monoisotopic (exact) mass is 503 g/mol. The standard InChI is InChI=1S/C19H19Cl2N3O5S2/c1-12(25)24-31(27,28)15-7-5-14(6-8-15)22-19(30)23-18(26)3-2-10-29-17-9-4-13(20)11-16(17)21/h4-9,11H,2-3,10H2,1H3,(H,24,25)(H2,22,23,26,30). The van der Waals surface area contributed by atoms with E-state index in [-0.39, 0.29) is 28.9 Å². The molecule has 0 spiro atoms. The fourth-order valence-electron chi connectivity index (χ4n) is 2.32. The molecule has 2 aromatic rings. The van der Waals surface area contributed by atoms with Crippen LogP contribution in [0.1, 0.15) is 19.8 Å². The number of anilines is 1. The molecule has 8 nitrogen and oxygen atoms in total. The van der Waals surface area contributed by atoms with Crippen molar-refractivity contribution in [3.63, 3.8) is 0 Å². The maximum absolute atomic E-state index is 12.0. The van der Waals surface area contributed by atoms with Crippen LogP contribution < -0.4 is 20.1 Å². The summed E-state index contributed by atoms with van der Waals surface area (Å²) in [6.45, 7) is 1.38. The lowest BCUT2D eigenvalue weighted by Crippen LogP contribution is -2.34. The number of sulfonamides is 1. The Hall–Kier alpha value is -2.40. The number of carbonyl (C=O) groups excluding carboxylic acids is 2. The molecule has 0 saturated carbocycles. The maximum Gasteiger partial charge on any atom is 0.264 e. The lowest BCUT2D eigenvalue weighted by atomic mass is 10.3. The van der Waals surface area contributed by atoms with Gasteiger partial charge >= 0.3 is 0 Å². The van der Waals surface area contributed by atoms with E-state index in [0.29, 0.717) is 27.9 Å². The second-order valence-corrected chi connectivity index (χ2v) is 9.15. The molecule has 0 saturated heterocycles. The van der Waals surface area contributed by atoms with Gasteiger partial charge in [0.05, 0.1) is 16.5 Å². The minimum atomic E-state index is -3.92.